The lowest BCUT2D eigenvalue weighted by Crippen LogP contribution is -2.65. The summed E-state index contributed by atoms with van der Waals surface area (Å²) in [5.74, 6) is 0.635. The van der Waals surface area contributed by atoms with E-state index >= 15 is 0 Å². The van der Waals surface area contributed by atoms with Gasteiger partial charge in [-0.25, -0.2) is 9.00 Å². The lowest BCUT2D eigenvalue weighted by atomic mass is 9.70. The summed E-state index contributed by atoms with van der Waals surface area (Å²) in [7, 11) is -0.132. The van der Waals surface area contributed by atoms with Crippen molar-refractivity contribution in [3.63, 3.8) is 0 Å². The number of nitrogens with zero attached hydrogens (tertiary/aromatic N) is 3. The molecule has 4 aliphatic rings. The summed E-state index contributed by atoms with van der Waals surface area (Å²) < 4.78 is 39.3. The number of likely N-dealkylation sites (tertiary alicyclic amines) is 1. The average molecular weight is 713 g/mol. The van der Waals surface area contributed by atoms with Crippen molar-refractivity contribution in [1.82, 2.24) is 9.62 Å². The maximum absolute atomic E-state index is 14.5. The molecule has 1 saturated carbocycles. The molecular weight excluding hydrogens is 664 g/mol. The highest BCUT2D eigenvalue weighted by Gasteiger charge is 2.42. The van der Waals surface area contributed by atoms with Crippen LogP contribution in [0.4, 0.5) is 10.5 Å². The molecule has 49 heavy (non-hydrogen) atoms. The zero-order valence-electron chi connectivity index (χ0n) is 29.0. The number of hydrogen-bond donors (Lipinski definition) is 1. The van der Waals surface area contributed by atoms with Gasteiger partial charge in [-0.2, -0.15) is 0 Å². The molecule has 0 radical (unpaired) electrons. The molecule has 2 aromatic rings. The minimum absolute atomic E-state index is 0.0213. The van der Waals surface area contributed by atoms with Gasteiger partial charge >= 0.3 is 6.03 Å². The van der Waals surface area contributed by atoms with Crippen molar-refractivity contribution in [2.75, 3.05) is 51.1 Å². The molecular formula is C37H49ClN4O6S. The van der Waals surface area contributed by atoms with Crippen molar-refractivity contribution in [3.8, 4) is 5.75 Å². The van der Waals surface area contributed by atoms with Crippen LogP contribution in [0.25, 0.3) is 0 Å². The highest BCUT2D eigenvalue weighted by molar-refractivity contribution is 7.92. The largest absolute Gasteiger partial charge is 0.491 e. The van der Waals surface area contributed by atoms with Crippen LogP contribution in [0, 0.1) is 17.8 Å². The van der Waals surface area contributed by atoms with Crippen LogP contribution in [-0.4, -0.2) is 79.0 Å². The van der Waals surface area contributed by atoms with E-state index in [9.17, 15) is 13.8 Å². The first kappa shape index (κ1) is 35.7. The summed E-state index contributed by atoms with van der Waals surface area (Å²) in [5, 5.41) is 0.716. The number of halogens is 1. The Labute approximate surface area is 295 Å². The molecule has 1 aliphatic carbocycles. The van der Waals surface area contributed by atoms with E-state index in [0.717, 1.165) is 44.3 Å². The SMILES string of the molecule is CO[C@H]1/C=C/C[C@H](C)CS(=O)(NC(=O)N2CC(C)(OC)C2)=NC(=O)c2ccc3c(c2)N(Cc2ccc(Cl)cc2CCCCO3)CC2CC[C@H]21. The molecule has 2 unspecified atom stereocenters. The van der Waals surface area contributed by atoms with Crippen LogP contribution >= 0.6 is 11.6 Å². The van der Waals surface area contributed by atoms with Gasteiger partial charge < -0.3 is 24.0 Å². The Kier molecular flexibility index (Phi) is 10.9. The van der Waals surface area contributed by atoms with Gasteiger partial charge in [0, 0.05) is 37.9 Å². The van der Waals surface area contributed by atoms with Crippen LogP contribution in [0.15, 0.2) is 52.9 Å². The van der Waals surface area contributed by atoms with Crippen molar-refractivity contribution < 1.29 is 28.0 Å². The normalized spacial score (nSPS) is 29.4. The summed E-state index contributed by atoms with van der Waals surface area (Å²) >= 11 is 6.46. The first-order valence-corrected chi connectivity index (χ1v) is 19.4. The Hall–Kier alpha value is -3.12. The number of nitrogens with one attached hydrogen (secondary N) is 1. The number of benzene rings is 2. The van der Waals surface area contributed by atoms with E-state index in [2.05, 4.69) is 38.3 Å². The van der Waals surface area contributed by atoms with E-state index in [1.807, 2.05) is 32.0 Å². The highest BCUT2D eigenvalue weighted by atomic mass is 35.5. The van der Waals surface area contributed by atoms with Crippen molar-refractivity contribution in [2.45, 2.75) is 70.6 Å². The summed E-state index contributed by atoms with van der Waals surface area (Å²) in [6, 6.07) is 10.9. The molecule has 1 N–H and O–H groups in total. The second-order valence-corrected chi connectivity index (χ2v) is 16.8. The number of hydrogen-bond acceptors (Lipinski definition) is 7. The van der Waals surface area contributed by atoms with Crippen LogP contribution in [0.2, 0.25) is 5.02 Å². The number of methoxy groups -OCH3 is 2. The molecule has 0 spiro atoms. The van der Waals surface area contributed by atoms with Crippen LogP contribution < -0.4 is 14.4 Å². The lowest BCUT2D eigenvalue weighted by Gasteiger charge is -2.46. The molecule has 2 fully saturated rings. The molecule has 266 valence electrons. The zero-order chi connectivity index (χ0) is 34.8. The zero-order valence-corrected chi connectivity index (χ0v) is 30.6. The fourth-order valence-corrected chi connectivity index (χ4v) is 9.49. The average Bonchev–Trinajstić information content (AvgIpc) is 3.06. The number of urea groups is 1. The topological polar surface area (TPSA) is 110 Å². The van der Waals surface area contributed by atoms with Gasteiger partial charge in [-0.3, -0.25) is 9.52 Å². The first-order chi connectivity index (χ1) is 23.5. The van der Waals surface area contributed by atoms with Gasteiger partial charge in [0.1, 0.15) is 21.3 Å². The number of amides is 3. The molecule has 2 bridgehead atoms. The quantitative estimate of drug-likeness (QED) is 0.355. The third kappa shape index (κ3) is 8.27. The fourth-order valence-electron chi connectivity index (χ4n) is 7.41. The Balaban J connectivity index is 1.41. The van der Waals surface area contributed by atoms with Crippen molar-refractivity contribution >= 4 is 39.1 Å². The molecule has 1 saturated heterocycles. The summed E-state index contributed by atoms with van der Waals surface area (Å²) in [6.07, 6.45) is 9.59. The monoisotopic (exact) mass is 712 g/mol. The van der Waals surface area contributed by atoms with E-state index in [-0.39, 0.29) is 23.3 Å². The number of aryl methyl sites for hydroxylation is 1. The predicted octanol–water partition coefficient (Wildman–Crippen LogP) is 6.65. The van der Waals surface area contributed by atoms with Gasteiger partial charge in [-0.1, -0.05) is 36.7 Å². The van der Waals surface area contributed by atoms with Crippen LogP contribution in [-0.2, 0) is 32.4 Å². The molecule has 12 heteroatoms. The van der Waals surface area contributed by atoms with Gasteiger partial charge in [-0.05, 0) is 105 Å². The maximum Gasteiger partial charge on any atom is 0.330 e. The molecule has 3 amide bonds. The van der Waals surface area contributed by atoms with Crippen LogP contribution in [0.5, 0.6) is 5.75 Å². The third-order valence-corrected chi connectivity index (χ3v) is 12.7. The Morgan fingerprint density at radius 3 is 2.67 bits per heavy atom. The predicted molar refractivity (Wildman–Crippen MR) is 193 cm³/mol. The van der Waals surface area contributed by atoms with E-state index in [0.29, 0.717) is 55.3 Å². The second kappa shape index (κ2) is 15.0. The van der Waals surface area contributed by atoms with Gasteiger partial charge in [0.05, 0.1) is 37.2 Å². The van der Waals surface area contributed by atoms with Crippen LogP contribution in [0.3, 0.4) is 0 Å². The molecule has 3 heterocycles. The van der Waals surface area contributed by atoms with Gasteiger partial charge in [-0.15, -0.1) is 4.36 Å². The lowest BCUT2D eigenvalue weighted by molar-refractivity contribution is -0.0902. The molecule has 2 aromatic carbocycles. The number of anilines is 1. The van der Waals surface area contributed by atoms with Crippen LogP contribution in [0.1, 0.15) is 67.4 Å². The number of ether oxygens (including phenoxy) is 3. The van der Waals surface area contributed by atoms with Gasteiger partial charge in [0.15, 0.2) is 0 Å². The van der Waals surface area contributed by atoms with E-state index < -0.39 is 27.5 Å². The smallest absolute Gasteiger partial charge is 0.330 e. The molecule has 3 aliphatic heterocycles. The summed E-state index contributed by atoms with van der Waals surface area (Å²) in [4.78, 5) is 31.0. The molecule has 6 rings (SSSR count). The number of carbonyl (C=O) groups is 2. The number of carbonyl (C=O) groups excluding carboxylic acids is 2. The molecule has 5 atom stereocenters. The second-order valence-electron chi connectivity index (χ2n) is 14.4. The van der Waals surface area contributed by atoms with E-state index in [1.165, 1.54) is 16.0 Å². The maximum atomic E-state index is 14.5. The van der Waals surface area contributed by atoms with Crippen molar-refractivity contribution in [2.24, 2.45) is 22.1 Å². The highest BCUT2D eigenvalue weighted by Crippen LogP contribution is 2.42. The molecule has 10 nitrogen and oxygen atoms in total. The molecule has 0 aromatic heterocycles. The fraction of sp³-hybridized carbons (Fsp3) is 0.568. The number of rotatable bonds is 3. The summed E-state index contributed by atoms with van der Waals surface area (Å²) in [6.45, 7) is 6.46. The first-order valence-electron chi connectivity index (χ1n) is 17.4. The third-order valence-electron chi connectivity index (χ3n) is 10.5. The summed E-state index contributed by atoms with van der Waals surface area (Å²) in [5.41, 5.74) is 3.02. The Morgan fingerprint density at radius 1 is 1.12 bits per heavy atom. The Bertz CT molecular complexity index is 1700. The number of allylic oxidation sites excluding steroid dienone is 1. The van der Waals surface area contributed by atoms with Crippen molar-refractivity contribution in [1.29, 1.82) is 0 Å². The van der Waals surface area contributed by atoms with Crippen molar-refractivity contribution in [3.05, 3.63) is 70.3 Å². The van der Waals surface area contributed by atoms with E-state index in [1.54, 1.807) is 20.3 Å². The Morgan fingerprint density at radius 2 is 1.94 bits per heavy atom. The van der Waals surface area contributed by atoms with Gasteiger partial charge in [0.25, 0.3) is 5.91 Å². The minimum atomic E-state index is -3.49. The van der Waals surface area contributed by atoms with Gasteiger partial charge in [0.2, 0.25) is 0 Å². The standard InChI is InChI=1S/C37H49ClN4O6S/c1-25-8-7-10-33(46-3)31-15-12-29(31)21-41-20-28-11-14-30(38)18-26(28)9-5-6-17-48-34-16-13-27(19-32(34)41)35(43)39-49(45,22-25)40-36(44)42-23-37(2,24-42)47-4/h7,10-11,13-14,16,18-19,25,29,31,33H,5-6,8-9,12,15,17,20-24H2,1-4H3,(H,39,40,43,44,45)/b10-7+/t25-,29?,31+,33-,49?/m0/s1. The number of fused-ring (bicyclic) bond motifs is 3. The minimum Gasteiger partial charge on any atom is -0.491 e. The van der Waals surface area contributed by atoms with E-state index in [4.69, 9.17) is 25.8 Å².